The smallest absolute Gasteiger partial charge is 0.309 e. The van der Waals surface area contributed by atoms with Crippen LogP contribution in [0, 0.1) is 16.7 Å². The van der Waals surface area contributed by atoms with Gasteiger partial charge in [0, 0.05) is 5.41 Å². The lowest BCUT2D eigenvalue weighted by atomic mass is 9.64. The van der Waals surface area contributed by atoms with E-state index in [1.165, 1.54) is 11.1 Å². The lowest BCUT2D eigenvalue weighted by Crippen LogP contribution is -2.40. The molecule has 2 unspecified atom stereocenters. The molecule has 0 rings (SSSR count). The minimum atomic E-state index is -0.787. The molecule has 2 atom stereocenters. The summed E-state index contributed by atoms with van der Waals surface area (Å²) in [7, 11) is 0. The van der Waals surface area contributed by atoms with Crippen LogP contribution >= 0.6 is 0 Å². The molecule has 0 heterocycles. The monoisotopic (exact) mass is 448 g/mol. The van der Waals surface area contributed by atoms with E-state index in [0.717, 1.165) is 25.7 Å². The molecule has 0 aliphatic carbocycles. The molecule has 32 heavy (non-hydrogen) atoms. The number of carboxylic acids is 1. The maximum atomic E-state index is 11.5. The van der Waals surface area contributed by atoms with Gasteiger partial charge in [-0.2, -0.15) is 0 Å². The van der Waals surface area contributed by atoms with E-state index >= 15 is 0 Å². The van der Waals surface area contributed by atoms with Crippen molar-refractivity contribution in [2.75, 3.05) is 0 Å². The van der Waals surface area contributed by atoms with Gasteiger partial charge in [-0.3, -0.25) is 9.59 Å². The summed E-state index contributed by atoms with van der Waals surface area (Å²) in [5, 5.41) is 9.25. The van der Waals surface area contributed by atoms with Gasteiger partial charge in [-0.1, -0.05) is 56.7 Å². The zero-order valence-corrected chi connectivity index (χ0v) is 22.3. The zero-order chi connectivity index (χ0) is 25.8. The van der Waals surface area contributed by atoms with Crippen LogP contribution < -0.4 is 0 Å². The van der Waals surface area contributed by atoms with Gasteiger partial charge in [0.2, 0.25) is 0 Å². The van der Waals surface area contributed by atoms with Crippen molar-refractivity contribution in [3.05, 3.63) is 48.6 Å². The van der Waals surface area contributed by atoms with Crippen molar-refractivity contribution in [2.24, 2.45) is 16.7 Å². The van der Waals surface area contributed by atoms with E-state index in [4.69, 9.17) is 4.74 Å². The molecule has 0 aliphatic rings. The Morgan fingerprint density at radius 1 is 0.875 bits per heavy atom. The molecule has 4 nitrogen and oxygen atoms in total. The van der Waals surface area contributed by atoms with Crippen LogP contribution in [0.2, 0.25) is 0 Å². The summed E-state index contributed by atoms with van der Waals surface area (Å²) < 4.78 is 5.44. The Morgan fingerprint density at radius 3 is 1.62 bits per heavy atom. The molecule has 0 spiro atoms. The van der Waals surface area contributed by atoms with Crippen molar-refractivity contribution in [3.8, 4) is 0 Å². The highest BCUT2D eigenvalue weighted by atomic mass is 16.6. The van der Waals surface area contributed by atoms with Crippen molar-refractivity contribution in [3.63, 3.8) is 0 Å². The van der Waals surface area contributed by atoms with E-state index in [9.17, 15) is 14.7 Å². The van der Waals surface area contributed by atoms with Crippen molar-refractivity contribution < 1.29 is 19.4 Å². The normalized spacial score (nSPS) is 14.6. The first kappa shape index (κ1) is 32.1. The average molecular weight is 449 g/mol. The first-order valence-corrected chi connectivity index (χ1v) is 11.5. The van der Waals surface area contributed by atoms with Gasteiger partial charge in [0.15, 0.2) is 0 Å². The van der Waals surface area contributed by atoms with E-state index in [1.54, 1.807) is 26.0 Å². The van der Waals surface area contributed by atoms with Crippen molar-refractivity contribution in [2.45, 2.75) is 101 Å². The van der Waals surface area contributed by atoms with Crippen LogP contribution in [-0.4, -0.2) is 22.6 Å². The summed E-state index contributed by atoms with van der Waals surface area (Å²) in [5.74, 6) is -1.03. The van der Waals surface area contributed by atoms with Crippen molar-refractivity contribution >= 4 is 11.9 Å². The van der Waals surface area contributed by atoms with Crippen LogP contribution in [0.5, 0.6) is 0 Å². The van der Waals surface area contributed by atoms with Crippen molar-refractivity contribution in [1.82, 2.24) is 0 Å². The van der Waals surface area contributed by atoms with Gasteiger partial charge in [-0.05, 0) is 80.2 Å². The Balaban J connectivity index is 0. The molecular weight excluding hydrogens is 400 g/mol. The average Bonchev–Trinajstić information content (AvgIpc) is 2.67. The fourth-order valence-corrected chi connectivity index (χ4v) is 2.76. The molecular formula is C28H48O4. The van der Waals surface area contributed by atoms with Gasteiger partial charge in [0.25, 0.3) is 0 Å². The standard InChI is InChI=1S/2C14H24O2/c1-7-14(6,10-8-9-11(2)3)13(4,5)12(15)16;1-7-14(6,10-8-9-11(2)3)16-13(15)12(4)5/h7,9H,1,8,10H2,2-6H3,(H,15,16);7,9,12H,1,8,10H2,2-6H3. The quantitative estimate of drug-likeness (QED) is 0.243. The predicted octanol–water partition coefficient (Wildman–Crippen LogP) is 7.91. The molecule has 4 heteroatoms. The molecule has 0 saturated carbocycles. The van der Waals surface area contributed by atoms with Gasteiger partial charge in [0.1, 0.15) is 5.60 Å². The Labute approximate surface area is 197 Å². The number of carboxylic acid groups (broad SMARTS) is 1. The molecule has 0 aromatic heterocycles. The van der Waals surface area contributed by atoms with Gasteiger partial charge >= 0.3 is 11.9 Å². The SMILES string of the molecule is C=CC(C)(CCC=C(C)C)C(C)(C)C(=O)O.C=CC(C)(CCC=C(C)C)OC(=O)C(C)C. The Morgan fingerprint density at radius 2 is 1.31 bits per heavy atom. The second-order valence-corrected chi connectivity index (χ2v) is 10.3. The van der Waals surface area contributed by atoms with E-state index in [0.29, 0.717) is 0 Å². The number of rotatable bonds is 12. The lowest BCUT2D eigenvalue weighted by Gasteiger charge is -2.38. The second kappa shape index (κ2) is 14.1. The van der Waals surface area contributed by atoms with Crippen LogP contribution in [0.15, 0.2) is 48.6 Å². The second-order valence-electron chi connectivity index (χ2n) is 10.3. The number of carbonyl (C=O) groups is 2. The molecule has 0 radical (unpaired) electrons. The maximum Gasteiger partial charge on any atom is 0.309 e. The number of ether oxygens (including phenoxy) is 1. The molecule has 0 aliphatic heterocycles. The fraction of sp³-hybridized carbons (Fsp3) is 0.643. The van der Waals surface area contributed by atoms with Gasteiger partial charge in [-0.25, -0.2) is 0 Å². The third-order valence-corrected chi connectivity index (χ3v) is 6.06. The number of hydrogen-bond donors (Lipinski definition) is 1. The predicted molar refractivity (Wildman–Crippen MR) is 137 cm³/mol. The molecule has 0 fully saturated rings. The summed E-state index contributed by atoms with van der Waals surface area (Å²) in [6.07, 6.45) is 11.1. The summed E-state index contributed by atoms with van der Waals surface area (Å²) in [6, 6.07) is 0. The number of allylic oxidation sites excluding steroid dienone is 5. The topological polar surface area (TPSA) is 63.6 Å². The minimum absolute atomic E-state index is 0.0947. The summed E-state index contributed by atoms with van der Waals surface area (Å²) in [5.41, 5.74) is 0.823. The Hall–Kier alpha value is -2.10. The molecule has 0 bridgehead atoms. The van der Waals surface area contributed by atoms with E-state index < -0.39 is 17.0 Å². The minimum Gasteiger partial charge on any atom is -0.481 e. The number of hydrogen-bond acceptors (Lipinski definition) is 3. The van der Waals surface area contributed by atoms with E-state index in [1.807, 2.05) is 41.5 Å². The zero-order valence-electron chi connectivity index (χ0n) is 22.3. The highest BCUT2D eigenvalue weighted by Gasteiger charge is 2.44. The maximum absolute atomic E-state index is 11.5. The van der Waals surface area contributed by atoms with Crippen LogP contribution in [0.25, 0.3) is 0 Å². The largest absolute Gasteiger partial charge is 0.481 e. The van der Waals surface area contributed by atoms with Crippen LogP contribution in [0.1, 0.15) is 94.9 Å². The number of carbonyl (C=O) groups excluding carboxylic acids is 1. The lowest BCUT2D eigenvalue weighted by molar-refractivity contribution is -0.158. The highest BCUT2D eigenvalue weighted by molar-refractivity contribution is 5.75. The summed E-state index contributed by atoms with van der Waals surface area (Å²) >= 11 is 0. The molecule has 1 N–H and O–H groups in total. The van der Waals surface area contributed by atoms with E-state index in [-0.39, 0.29) is 17.3 Å². The number of aliphatic carboxylic acids is 1. The molecule has 0 aromatic rings. The Bertz CT molecular complexity index is 686. The van der Waals surface area contributed by atoms with Gasteiger partial charge in [0.05, 0.1) is 11.3 Å². The van der Waals surface area contributed by atoms with Crippen LogP contribution in [0.4, 0.5) is 0 Å². The van der Waals surface area contributed by atoms with Gasteiger partial charge in [-0.15, -0.1) is 6.58 Å². The highest BCUT2D eigenvalue weighted by Crippen LogP contribution is 2.44. The fourth-order valence-electron chi connectivity index (χ4n) is 2.76. The van der Waals surface area contributed by atoms with Crippen LogP contribution in [-0.2, 0) is 14.3 Å². The van der Waals surface area contributed by atoms with Crippen LogP contribution in [0.3, 0.4) is 0 Å². The summed E-state index contributed by atoms with van der Waals surface area (Å²) in [6.45, 7) is 26.8. The van der Waals surface area contributed by atoms with E-state index in [2.05, 4.69) is 39.2 Å². The van der Waals surface area contributed by atoms with Crippen molar-refractivity contribution in [1.29, 1.82) is 0 Å². The molecule has 0 amide bonds. The first-order chi connectivity index (χ1) is 14.5. The Kier molecular flexibility index (Phi) is 14.2. The third-order valence-electron chi connectivity index (χ3n) is 6.06. The summed E-state index contributed by atoms with van der Waals surface area (Å²) in [4.78, 5) is 22.8. The molecule has 0 saturated heterocycles. The molecule has 0 aromatic carbocycles. The van der Waals surface area contributed by atoms with Gasteiger partial charge < -0.3 is 9.84 Å². The first-order valence-electron chi connectivity index (χ1n) is 11.5. The number of esters is 1. The molecule has 184 valence electrons. The third kappa shape index (κ3) is 11.5.